The van der Waals surface area contributed by atoms with Gasteiger partial charge < -0.3 is 19.5 Å². The van der Waals surface area contributed by atoms with Gasteiger partial charge in [-0.15, -0.1) is 11.8 Å². The fourth-order valence-corrected chi connectivity index (χ4v) is 5.14. The molecule has 2 atom stereocenters. The lowest BCUT2D eigenvalue weighted by Gasteiger charge is -2.31. The van der Waals surface area contributed by atoms with Crippen LogP contribution < -0.4 is 14.8 Å². The molecule has 0 spiro atoms. The van der Waals surface area contributed by atoms with Crippen LogP contribution in [0.3, 0.4) is 0 Å². The van der Waals surface area contributed by atoms with Crippen LogP contribution in [0.2, 0.25) is 10.0 Å². The van der Waals surface area contributed by atoms with E-state index in [2.05, 4.69) is 11.4 Å². The number of allylic oxidation sites excluding steroid dienone is 1. The van der Waals surface area contributed by atoms with Gasteiger partial charge in [-0.3, -0.25) is 9.59 Å². The SMILES string of the molecule is CCOc1c(Cl)cc([C@H]2C(C#N)=C(SCCOc3ccc(C)cc3)NC(=O)[C@H]2C(=O)OC)cc1Cl. The van der Waals surface area contributed by atoms with Crippen LogP contribution in [0.4, 0.5) is 0 Å². The molecule has 0 saturated heterocycles. The van der Waals surface area contributed by atoms with Gasteiger partial charge in [0, 0.05) is 11.7 Å². The van der Waals surface area contributed by atoms with Gasteiger partial charge in [0.2, 0.25) is 5.91 Å². The van der Waals surface area contributed by atoms with Crippen LogP contribution in [0.5, 0.6) is 11.5 Å². The van der Waals surface area contributed by atoms with Gasteiger partial charge in [0.15, 0.2) is 5.75 Å². The molecule has 7 nitrogen and oxygen atoms in total. The molecule has 0 saturated carbocycles. The van der Waals surface area contributed by atoms with E-state index in [1.807, 2.05) is 31.2 Å². The number of amides is 1. The van der Waals surface area contributed by atoms with E-state index in [1.165, 1.54) is 18.9 Å². The first-order chi connectivity index (χ1) is 16.8. The van der Waals surface area contributed by atoms with Crippen LogP contribution >= 0.6 is 35.0 Å². The Morgan fingerprint density at radius 1 is 1.17 bits per heavy atom. The van der Waals surface area contributed by atoms with Crippen LogP contribution in [0.15, 0.2) is 47.0 Å². The third-order valence-corrected chi connectivity index (χ3v) is 6.81. The summed E-state index contributed by atoms with van der Waals surface area (Å²) in [5, 5.41) is 13.5. The lowest BCUT2D eigenvalue weighted by molar-refractivity contribution is -0.150. The van der Waals surface area contributed by atoms with Crippen molar-refractivity contribution in [2.24, 2.45) is 5.92 Å². The van der Waals surface area contributed by atoms with Crippen LogP contribution in [0, 0.1) is 24.2 Å². The predicted molar refractivity (Wildman–Crippen MR) is 136 cm³/mol. The summed E-state index contributed by atoms with van der Waals surface area (Å²) in [6.45, 7) is 4.48. The largest absolute Gasteiger partial charge is 0.493 e. The minimum absolute atomic E-state index is 0.205. The molecule has 3 rings (SSSR count). The third kappa shape index (κ3) is 6.23. The molecule has 184 valence electrons. The highest BCUT2D eigenvalue weighted by atomic mass is 35.5. The average molecular weight is 535 g/mol. The van der Waals surface area contributed by atoms with E-state index in [9.17, 15) is 14.9 Å². The van der Waals surface area contributed by atoms with Crippen molar-refractivity contribution >= 4 is 46.8 Å². The monoisotopic (exact) mass is 534 g/mol. The Labute approximate surface area is 218 Å². The number of nitrogens with zero attached hydrogens (tertiary/aromatic N) is 1. The Hall–Kier alpha value is -2.86. The zero-order valence-corrected chi connectivity index (χ0v) is 21.7. The van der Waals surface area contributed by atoms with Crippen LogP contribution in [-0.4, -0.2) is 38.0 Å². The number of carbonyl (C=O) groups excluding carboxylic acids is 2. The van der Waals surface area contributed by atoms with E-state index >= 15 is 0 Å². The summed E-state index contributed by atoms with van der Waals surface area (Å²) in [6, 6.07) is 12.9. The first-order valence-electron chi connectivity index (χ1n) is 10.8. The first-order valence-corrected chi connectivity index (χ1v) is 12.5. The number of thioether (sulfide) groups is 1. The molecule has 1 aliphatic rings. The second-order valence-electron chi connectivity index (χ2n) is 7.58. The Balaban J connectivity index is 1.92. The Bertz CT molecular complexity index is 1150. The Morgan fingerprint density at radius 2 is 1.83 bits per heavy atom. The molecule has 0 aliphatic carbocycles. The van der Waals surface area contributed by atoms with Crippen molar-refractivity contribution in [3.8, 4) is 17.6 Å². The molecule has 1 N–H and O–H groups in total. The molecule has 0 aromatic heterocycles. The van der Waals surface area contributed by atoms with Crippen molar-refractivity contribution in [2.75, 3.05) is 26.1 Å². The maximum atomic E-state index is 13.0. The number of nitriles is 1. The van der Waals surface area contributed by atoms with Gasteiger partial charge in [0.05, 0.1) is 47.0 Å². The lowest BCUT2D eigenvalue weighted by Crippen LogP contribution is -2.44. The molecule has 2 aromatic rings. The second kappa shape index (κ2) is 12.2. The number of aryl methyl sites for hydroxylation is 1. The smallest absolute Gasteiger partial charge is 0.319 e. The van der Waals surface area contributed by atoms with Crippen molar-refractivity contribution in [3.63, 3.8) is 0 Å². The number of nitrogens with one attached hydrogen (secondary N) is 1. The van der Waals surface area contributed by atoms with Gasteiger partial charge in [-0.2, -0.15) is 5.26 Å². The summed E-state index contributed by atoms with van der Waals surface area (Å²) in [6.07, 6.45) is 0. The second-order valence-corrected chi connectivity index (χ2v) is 9.50. The maximum absolute atomic E-state index is 13.0. The van der Waals surface area contributed by atoms with E-state index in [0.717, 1.165) is 11.3 Å². The molecule has 1 aliphatic heterocycles. The number of carbonyl (C=O) groups is 2. The zero-order valence-electron chi connectivity index (χ0n) is 19.4. The minimum Gasteiger partial charge on any atom is -0.493 e. The van der Waals surface area contributed by atoms with Gasteiger partial charge >= 0.3 is 5.97 Å². The van der Waals surface area contributed by atoms with Crippen LogP contribution in [0.1, 0.15) is 24.0 Å². The van der Waals surface area contributed by atoms with Crippen molar-refractivity contribution in [3.05, 3.63) is 68.2 Å². The number of methoxy groups -OCH3 is 1. The van der Waals surface area contributed by atoms with Gasteiger partial charge in [-0.1, -0.05) is 40.9 Å². The van der Waals surface area contributed by atoms with E-state index in [-0.39, 0.29) is 15.6 Å². The van der Waals surface area contributed by atoms with E-state index in [0.29, 0.717) is 35.3 Å². The minimum atomic E-state index is -1.28. The summed E-state index contributed by atoms with van der Waals surface area (Å²) in [4.78, 5) is 25.6. The van der Waals surface area contributed by atoms with E-state index < -0.39 is 23.7 Å². The fourth-order valence-electron chi connectivity index (χ4n) is 3.66. The van der Waals surface area contributed by atoms with Crippen molar-refractivity contribution in [1.29, 1.82) is 5.26 Å². The molecule has 1 amide bonds. The highest BCUT2D eigenvalue weighted by molar-refractivity contribution is 8.03. The quantitative estimate of drug-likeness (QED) is 0.266. The van der Waals surface area contributed by atoms with Crippen LogP contribution in [-0.2, 0) is 14.3 Å². The third-order valence-electron chi connectivity index (χ3n) is 5.27. The standard InChI is InChI=1S/C25H24Cl2N2O5S/c1-4-33-22-18(26)11-15(12-19(22)27)20-17(13-28)24(29-23(30)21(20)25(31)32-3)35-10-9-34-16-7-5-14(2)6-8-16/h5-8,11-12,20-21H,4,9-10H2,1-3H3,(H,29,30)/t20-,21-/m0/s1. The lowest BCUT2D eigenvalue weighted by atomic mass is 9.78. The molecule has 35 heavy (non-hydrogen) atoms. The summed E-state index contributed by atoms with van der Waals surface area (Å²) in [5.41, 5.74) is 1.76. The number of hydrogen-bond donors (Lipinski definition) is 1. The fraction of sp³-hybridized carbons (Fsp3) is 0.320. The summed E-state index contributed by atoms with van der Waals surface area (Å²) in [5.74, 6) is -2.10. The van der Waals surface area contributed by atoms with Crippen molar-refractivity contribution in [1.82, 2.24) is 5.32 Å². The first kappa shape index (κ1) is 26.7. The molecular formula is C25H24Cl2N2O5S. The summed E-state index contributed by atoms with van der Waals surface area (Å²) in [7, 11) is 1.19. The number of ether oxygens (including phenoxy) is 3. The van der Waals surface area contributed by atoms with E-state index in [4.69, 9.17) is 37.4 Å². The highest BCUT2D eigenvalue weighted by Crippen LogP contribution is 2.44. The molecule has 10 heteroatoms. The highest BCUT2D eigenvalue weighted by Gasteiger charge is 2.44. The van der Waals surface area contributed by atoms with Crippen molar-refractivity contribution in [2.45, 2.75) is 19.8 Å². The molecule has 0 radical (unpaired) electrons. The Kier molecular flexibility index (Phi) is 9.33. The van der Waals surface area contributed by atoms with Gasteiger partial charge in [0.1, 0.15) is 11.7 Å². The molecule has 0 bridgehead atoms. The molecule has 1 heterocycles. The molecule has 0 fully saturated rings. The predicted octanol–water partition coefficient (Wildman–Crippen LogP) is 5.25. The number of benzene rings is 2. The topological polar surface area (TPSA) is 97.6 Å². The normalized spacial score (nSPS) is 17.4. The number of hydrogen-bond acceptors (Lipinski definition) is 7. The van der Waals surface area contributed by atoms with E-state index in [1.54, 1.807) is 19.1 Å². The van der Waals surface area contributed by atoms with Gasteiger partial charge in [0.25, 0.3) is 0 Å². The van der Waals surface area contributed by atoms with Crippen molar-refractivity contribution < 1.29 is 23.8 Å². The number of esters is 1. The zero-order chi connectivity index (χ0) is 25.5. The van der Waals surface area contributed by atoms with Gasteiger partial charge in [-0.25, -0.2) is 0 Å². The van der Waals surface area contributed by atoms with Gasteiger partial charge in [-0.05, 0) is 43.7 Å². The molecule has 0 unspecified atom stereocenters. The average Bonchev–Trinajstić information content (AvgIpc) is 2.84. The Morgan fingerprint density at radius 3 is 2.40 bits per heavy atom. The number of rotatable bonds is 9. The summed E-state index contributed by atoms with van der Waals surface area (Å²) < 4.78 is 16.1. The molecular weight excluding hydrogens is 511 g/mol. The van der Waals surface area contributed by atoms with Crippen LogP contribution in [0.25, 0.3) is 0 Å². The summed E-state index contributed by atoms with van der Waals surface area (Å²) >= 11 is 14.0. The maximum Gasteiger partial charge on any atom is 0.319 e. The number of halogens is 2. The molecule has 2 aromatic carbocycles.